The minimum Gasteiger partial charge on any atom is -0.382 e. The molecule has 1 saturated heterocycles. The van der Waals surface area contributed by atoms with Crippen molar-refractivity contribution in [1.82, 2.24) is 30.0 Å². The molecule has 2 amide bonds. The fourth-order valence-corrected chi connectivity index (χ4v) is 4.19. The zero-order chi connectivity index (χ0) is 25.1. The van der Waals surface area contributed by atoms with Crippen molar-refractivity contribution in [3.05, 3.63) is 41.9 Å². The standard InChI is InChI=1S/C25H30N8O2/c1-15(2)25(35)32-7-5-19(6-8-32)31-24(34)20-14-27-22(10-21(20)30-16(3)4)33-23-18(13-29-33)9-17(11-26)12-28-23/h9-10,12-16,19H,5-8H2,1-4H3,(H,27,30)(H,31,34). The largest absolute Gasteiger partial charge is 0.382 e. The number of rotatable bonds is 6. The summed E-state index contributed by atoms with van der Waals surface area (Å²) in [7, 11) is 0. The molecule has 0 atom stereocenters. The number of hydrogen-bond donors (Lipinski definition) is 2. The Kier molecular flexibility index (Phi) is 6.96. The number of piperidine rings is 1. The summed E-state index contributed by atoms with van der Waals surface area (Å²) in [4.78, 5) is 36.1. The molecule has 1 aliphatic heterocycles. The number of nitrogens with one attached hydrogen (secondary N) is 2. The molecular formula is C25H30N8O2. The highest BCUT2D eigenvalue weighted by Gasteiger charge is 2.26. The van der Waals surface area contributed by atoms with Crippen LogP contribution in [-0.2, 0) is 4.79 Å². The summed E-state index contributed by atoms with van der Waals surface area (Å²) in [6.07, 6.45) is 6.12. The van der Waals surface area contributed by atoms with Gasteiger partial charge in [0.2, 0.25) is 5.91 Å². The smallest absolute Gasteiger partial charge is 0.255 e. The molecule has 2 N–H and O–H groups in total. The van der Waals surface area contributed by atoms with Crippen LogP contribution in [0.2, 0.25) is 0 Å². The van der Waals surface area contributed by atoms with Crippen molar-refractivity contribution in [2.75, 3.05) is 18.4 Å². The van der Waals surface area contributed by atoms with Crippen LogP contribution in [0.1, 0.15) is 56.5 Å². The molecule has 10 heteroatoms. The van der Waals surface area contributed by atoms with Crippen molar-refractivity contribution < 1.29 is 9.59 Å². The molecule has 0 aliphatic carbocycles. The Morgan fingerprint density at radius 3 is 2.49 bits per heavy atom. The lowest BCUT2D eigenvalue weighted by atomic mass is 10.0. The Labute approximate surface area is 204 Å². The predicted octanol–water partition coefficient (Wildman–Crippen LogP) is 2.88. The van der Waals surface area contributed by atoms with Gasteiger partial charge in [-0.05, 0) is 32.8 Å². The summed E-state index contributed by atoms with van der Waals surface area (Å²) in [6.45, 7) is 9.09. The maximum absolute atomic E-state index is 13.2. The number of hydrogen-bond acceptors (Lipinski definition) is 7. The van der Waals surface area contributed by atoms with E-state index in [1.165, 1.54) is 6.20 Å². The molecule has 1 aliphatic rings. The zero-order valence-corrected chi connectivity index (χ0v) is 20.4. The van der Waals surface area contributed by atoms with Crippen molar-refractivity contribution >= 4 is 28.5 Å². The van der Waals surface area contributed by atoms with Crippen LogP contribution in [0.4, 0.5) is 5.69 Å². The summed E-state index contributed by atoms with van der Waals surface area (Å²) in [6, 6.07) is 5.67. The lowest BCUT2D eigenvalue weighted by Gasteiger charge is -2.33. The van der Waals surface area contributed by atoms with E-state index in [-0.39, 0.29) is 29.8 Å². The number of nitriles is 1. The van der Waals surface area contributed by atoms with Gasteiger partial charge in [-0.3, -0.25) is 9.59 Å². The van der Waals surface area contributed by atoms with Gasteiger partial charge in [-0.2, -0.15) is 15.0 Å². The Hall–Kier alpha value is -4.00. The number of pyridine rings is 2. The third-order valence-corrected chi connectivity index (χ3v) is 5.97. The van der Waals surface area contributed by atoms with Crippen LogP contribution in [0.15, 0.2) is 30.7 Å². The first-order chi connectivity index (χ1) is 16.8. The number of aromatic nitrogens is 4. The Bertz CT molecular complexity index is 1280. The fraction of sp³-hybridized carbons (Fsp3) is 0.440. The van der Waals surface area contributed by atoms with E-state index >= 15 is 0 Å². The molecule has 0 aromatic carbocycles. The number of carbonyl (C=O) groups is 2. The first-order valence-corrected chi connectivity index (χ1v) is 11.9. The number of carbonyl (C=O) groups excluding carboxylic acids is 2. The SMILES string of the molecule is CC(C)Nc1cc(-n2ncc3cc(C#N)cnc32)ncc1C(=O)NC1CCN(C(=O)C(C)C)CC1. The molecule has 4 heterocycles. The van der Waals surface area contributed by atoms with Gasteiger partial charge in [0.15, 0.2) is 11.5 Å². The second kappa shape index (κ2) is 10.1. The van der Waals surface area contributed by atoms with Gasteiger partial charge in [0.05, 0.1) is 23.0 Å². The number of likely N-dealkylation sites (tertiary alicyclic amines) is 1. The molecule has 35 heavy (non-hydrogen) atoms. The molecule has 0 radical (unpaired) electrons. The first kappa shape index (κ1) is 24.1. The van der Waals surface area contributed by atoms with Crippen molar-refractivity contribution in [2.45, 2.75) is 52.6 Å². The van der Waals surface area contributed by atoms with Crippen LogP contribution in [0, 0.1) is 17.2 Å². The predicted molar refractivity (Wildman–Crippen MR) is 132 cm³/mol. The normalized spacial score (nSPS) is 14.4. The van der Waals surface area contributed by atoms with Crippen LogP contribution in [-0.4, -0.2) is 61.6 Å². The minimum atomic E-state index is -0.206. The Morgan fingerprint density at radius 2 is 1.83 bits per heavy atom. The van der Waals surface area contributed by atoms with Crippen molar-refractivity contribution in [2.24, 2.45) is 5.92 Å². The van der Waals surface area contributed by atoms with E-state index in [9.17, 15) is 9.59 Å². The maximum atomic E-state index is 13.2. The van der Waals surface area contributed by atoms with Crippen LogP contribution < -0.4 is 10.6 Å². The zero-order valence-electron chi connectivity index (χ0n) is 20.4. The van der Waals surface area contributed by atoms with E-state index in [1.54, 1.807) is 29.2 Å². The molecule has 0 bridgehead atoms. The summed E-state index contributed by atoms with van der Waals surface area (Å²) >= 11 is 0. The van der Waals surface area contributed by atoms with Crippen molar-refractivity contribution in [1.29, 1.82) is 5.26 Å². The van der Waals surface area contributed by atoms with Gasteiger partial charge in [-0.1, -0.05) is 13.8 Å². The minimum absolute atomic E-state index is 0.00104. The fourth-order valence-electron chi connectivity index (χ4n) is 4.19. The van der Waals surface area contributed by atoms with Crippen LogP contribution in [0.3, 0.4) is 0 Å². The van der Waals surface area contributed by atoms with Gasteiger partial charge in [0.1, 0.15) is 6.07 Å². The summed E-state index contributed by atoms with van der Waals surface area (Å²) in [5.41, 5.74) is 2.12. The molecule has 3 aromatic rings. The third-order valence-electron chi connectivity index (χ3n) is 5.97. The van der Waals surface area contributed by atoms with E-state index in [1.807, 2.05) is 32.6 Å². The Balaban J connectivity index is 1.54. The molecule has 1 fully saturated rings. The van der Waals surface area contributed by atoms with Gasteiger partial charge in [0, 0.05) is 54.9 Å². The van der Waals surface area contributed by atoms with E-state index in [2.05, 4.69) is 31.8 Å². The first-order valence-electron chi connectivity index (χ1n) is 11.9. The highest BCUT2D eigenvalue weighted by Crippen LogP contribution is 2.23. The molecule has 3 aromatic heterocycles. The molecule has 10 nitrogen and oxygen atoms in total. The summed E-state index contributed by atoms with van der Waals surface area (Å²) in [5.74, 6) is 0.439. The monoisotopic (exact) mass is 474 g/mol. The van der Waals surface area contributed by atoms with Gasteiger partial charge < -0.3 is 15.5 Å². The number of nitrogens with zero attached hydrogens (tertiary/aromatic N) is 6. The van der Waals surface area contributed by atoms with E-state index in [0.29, 0.717) is 41.4 Å². The summed E-state index contributed by atoms with van der Waals surface area (Å²) in [5, 5.41) is 20.7. The van der Waals surface area contributed by atoms with Crippen molar-refractivity contribution in [3.63, 3.8) is 0 Å². The number of amides is 2. The number of anilines is 1. The maximum Gasteiger partial charge on any atom is 0.255 e. The molecule has 0 spiro atoms. The summed E-state index contributed by atoms with van der Waals surface area (Å²) < 4.78 is 1.59. The van der Waals surface area contributed by atoms with E-state index < -0.39 is 0 Å². The van der Waals surface area contributed by atoms with Crippen LogP contribution >= 0.6 is 0 Å². The van der Waals surface area contributed by atoms with Crippen molar-refractivity contribution in [3.8, 4) is 11.9 Å². The van der Waals surface area contributed by atoms with Gasteiger partial charge in [-0.25, -0.2) is 9.97 Å². The van der Waals surface area contributed by atoms with Crippen LogP contribution in [0.5, 0.6) is 0 Å². The average molecular weight is 475 g/mol. The van der Waals surface area contributed by atoms with Gasteiger partial charge in [-0.15, -0.1) is 0 Å². The average Bonchev–Trinajstić information content (AvgIpc) is 3.26. The second-order valence-corrected chi connectivity index (χ2v) is 9.42. The molecule has 0 unspecified atom stereocenters. The molecule has 4 rings (SSSR count). The highest BCUT2D eigenvalue weighted by molar-refractivity contribution is 5.99. The lowest BCUT2D eigenvalue weighted by molar-refractivity contribution is -0.135. The van der Waals surface area contributed by atoms with E-state index in [0.717, 1.165) is 18.2 Å². The van der Waals surface area contributed by atoms with Gasteiger partial charge in [0.25, 0.3) is 5.91 Å². The number of fused-ring (bicyclic) bond motifs is 1. The lowest BCUT2D eigenvalue weighted by Crippen LogP contribution is -2.47. The topological polar surface area (TPSA) is 129 Å². The Morgan fingerprint density at radius 1 is 1.09 bits per heavy atom. The second-order valence-electron chi connectivity index (χ2n) is 9.42. The third kappa shape index (κ3) is 5.24. The van der Waals surface area contributed by atoms with Gasteiger partial charge >= 0.3 is 0 Å². The molecular weight excluding hydrogens is 444 g/mol. The quantitative estimate of drug-likeness (QED) is 0.562. The molecule has 0 saturated carbocycles. The highest BCUT2D eigenvalue weighted by atomic mass is 16.2. The van der Waals surface area contributed by atoms with E-state index in [4.69, 9.17) is 5.26 Å². The molecule has 182 valence electrons. The van der Waals surface area contributed by atoms with Crippen LogP contribution in [0.25, 0.3) is 16.9 Å².